The molecule has 0 bridgehead atoms. The van der Waals surface area contributed by atoms with Crippen LogP contribution in [-0.4, -0.2) is 20.5 Å². The molecule has 1 aromatic heterocycles. The molecule has 0 aromatic carbocycles. The number of aromatic nitrogens is 2. The van der Waals surface area contributed by atoms with Gasteiger partial charge >= 0.3 is 0 Å². The van der Waals surface area contributed by atoms with Crippen molar-refractivity contribution in [3.8, 4) is 0 Å². The average molecular weight is 343 g/mol. The Labute approximate surface area is 130 Å². The average Bonchev–Trinajstić information content (AvgIpc) is 2.76. The van der Waals surface area contributed by atoms with Gasteiger partial charge < -0.3 is 5.11 Å². The van der Waals surface area contributed by atoms with Gasteiger partial charge in [0, 0.05) is 13.0 Å². The SMILES string of the molecule is CCc1nn(CC)c(CC(C)(O)C2CCCCC2)c1Br. The number of hydrogen-bond acceptors (Lipinski definition) is 2. The summed E-state index contributed by atoms with van der Waals surface area (Å²) in [5.41, 5.74) is 1.63. The Bertz CT molecular complexity index is 448. The molecule has 20 heavy (non-hydrogen) atoms. The van der Waals surface area contributed by atoms with Gasteiger partial charge in [0.1, 0.15) is 0 Å². The van der Waals surface area contributed by atoms with Crippen LogP contribution in [-0.2, 0) is 19.4 Å². The van der Waals surface area contributed by atoms with E-state index in [9.17, 15) is 5.11 Å². The highest BCUT2D eigenvalue weighted by molar-refractivity contribution is 9.10. The van der Waals surface area contributed by atoms with Crippen LogP contribution in [0.25, 0.3) is 0 Å². The van der Waals surface area contributed by atoms with Crippen LogP contribution in [0.2, 0.25) is 0 Å². The van der Waals surface area contributed by atoms with E-state index >= 15 is 0 Å². The Balaban J connectivity index is 2.21. The van der Waals surface area contributed by atoms with Gasteiger partial charge in [0.25, 0.3) is 0 Å². The quantitative estimate of drug-likeness (QED) is 0.874. The molecule has 1 aliphatic rings. The number of aryl methyl sites for hydroxylation is 2. The molecule has 3 nitrogen and oxygen atoms in total. The molecule has 1 aliphatic carbocycles. The number of aliphatic hydroxyl groups is 1. The normalized spacial score (nSPS) is 20.1. The van der Waals surface area contributed by atoms with Crippen molar-refractivity contribution in [2.45, 2.75) is 77.9 Å². The van der Waals surface area contributed by atoms with Crippen molar-refractivity contribution in [2.24, 2.45) is 5.92 Å². The van der Waals surface area contributed by atoms with E-state index in [-0.39, 0.29) is 0 Å². The molecule has 2 rings (SSSR count). The van der Waals surface area contributed by atoms with E-state index in [1.165, 1.54) is 19.3 Å². The Kier molecular flexibility index (Phi) is 5.30. The predicted molar refractivity (Wildman–Crippen MR) is 85.9 cm³/mol. The van der Waals surface area contributed by atoms with Gasteiger partial charge in [-0.05, 0) is 55.0 Å². The molecule has 0 amide bonds. The first-order chi connectivity index (χ1) is 9.49. The van der Waals surface area contributed by atoms with Gasteiger partial charge in [-0.1, -0.05) is 26.2 Å². The largest absolute Gasteiger partial charge is 0.389 e. The van der Waals surface area contributed by atoms with Crippen LogP contribution in [0, 0.1) is 5.92 Å². The lowest BCUT2D eigenvalue weighted by Gasteiger charge is -2.35. The first kappa shape index (κ1) is 16.0. The number of halogens is 1. The summed E-state index contributed by atoms with van der Waals surface area (Å²) in [4.78, 5) is 0. The molecule has 1 fully saturated rings. The second-order valence-corrected chi connectivity index (χ2v) is 7.04. The zero-order valence-electron chi connectivity index (χ0n) is 13.0. The summed E-state index contributed by atoms with van der Waals surface area (Å²) in [7, 11) is 0. The van der Waals surface area contributed by atoms with Crippen LogP contribution in [0.5, 0.6) is 0 Å². The first-order valence-electron chi connectivity index (χ1n) is 7.96. The van der Waals surface area contributed by atoms with E-state index in [2.05, 4.69) is 34.9 Å². The lowest BCUT2D eigenvalue weighted by Crippen LogP contribution is -2.38. The maximum Gasteiger partial charge on any atom is 0.0766 e. The van der Waals surface area contributed by atoms with Gasteiger partial charge in [0.05, 0.1) is 21.5 Å². The molecule has 1 unspecified atom stereocenters. The summed E-state index contributed by atoms with van der Waals surface area (Å²) in [6.45, 7) is 7.09. The fraction of sp³-hybridized carbons (Fsp3) is 0.812. The standard InChI is InChI=1S/C16H27BrN2O/c1-4-13-15(17)14(19(5-2)18-13)11-16(3,20)12-9-7-6-8-10-12/h12,20H,4-11H2,1-3H3. The van der Waals surface area contributed by atoms with Gasteiger partial charge in [0.2, 0.25) is 0 Å². The molecule has 1 saturated carbocycles. The predicted octanol–water partition coefficient (Wildman–Crippen LogP) is 4.10. The first-order valence-corrected chi connectivity index (χ1v) is 8.75. The molecule has 1 aromatic rings. The Morgan fingerprint density at radius 2 is 1.95 bits per heavy atom. The van der Waals surface area contributed by atoms with Gasteiger partial charge in [-0.3, -0.25) is 4.68 Å². The highest BCUT2D eigenvalue weighted by Gasteiger charge is 2.34. The summed E-state index contributed by atoms with van der Waals surface area (Å²) in [6.07, 6.45) is 7.77. The number of rotatable bonds is 5. The van der Waals surface area contributed by atoms with Crippen LogP contribution in [0.4, 0.5) is 0 Å². The van der Waals surface area contributed by atoms with Crippen molar-refractivity contribution >= 4 is 15.9 Å². The lowest BCUT2D eigenvalue weighted by atomic mass is 9.76. The van der Waals surface area contributed by atoms with Crippen LogP contribution in [0.15, 0.2) is 4.47 Å². The van der Waals surface area contributed by atoms with E-state index in [4.69, 9.17) is 0 Å². The van der Waals surface area contributed by atoms with E-state index < -0.39 is 5.60 Å². The molecule has 0 saturated heterocycles. The van der Waals surface area contributed by atoms with Gasteiger partial charge in [-0.15, -0.1) is 0 Å². The molecule has 0 spiro atoms. The fourth-order valence-electron chi connectivity index (χ4n) is 3.39. The van der Waals surface area contributed by atoms with E-state index in [0.717, 1.165) is 41.7 Å². The maximum absolute atomic E-state index is 11.0. The Hall–Kier alpha value is -0.350. The summed E-state index contributed by atoms with van der Waals surface area (Å²) in [6, 6.07) is 0. The molecule has 4 heteroatoms. The van der Waals surface area contributed by atoms with Crippen LogP contribution in [0.1, 0.15) is 64.3 Å². The van der Waals surface area contributed by atoms with Crippen molar-refractivity contribution in [1.29, 1.82) is 0 Å². The van der Waals surface area contributed by atoms with Crippen molar-refractivity contribution in [2.75, 3.05) is 0 Å². The van der Waals surface area contributed by atoms with Crippen molar-refractivity contribution in [3.05, 3.63) is 15.9 Å². The molecule has 1 N–H and O–H groups in total. The maximum atomic E-state index is 11.0. The third kappa shape index (κ3) is 3.28. The lowest BCUT2D eigenvalue weighted by molar-refractivity contribution is -0.0176. The van der Waals surface area contributed by atoms with Crippen molar-refractivity contribution < 1.29 is 5.11 Å². The minimum atomic E-state index is -0.624. The molecule has 114 valence electrons. The highest BCUT2D eigenvalue weighted by Crippen LogP contribution is 2.36. The van der Waals surface area contributed by atoms with Crippen LogP contribution < -0.4 is 0 Å². The van der Waals surface area contributed by atoms with Crippen LogP contribution >= 0.6 is 15.9 Å². The zero-order chi connectivity index (χ0) is 14.8. The molecular formula is C16H27BrN2O. The van der Waals surface area contributed by atoms with E-state index in [0.29, 0.717) is 12.3 Å². The summed E-state index contributed by atoms with van der Waals surface area (Å²) < 4.78 is 3.14. The monoisotopic (exact) mass is 342 g/mol. The second-order valence-electron chi connectivity index (χ2n) is 6.25. The molecule has 0 radical (unpaired) electrons. The topological polar surface area (TPSA) is 38.0 Å². The van der Waals surface area contributed by atoms with Gasteiger partial charge in [-0.2, -0.15) is 5.10 Å². The Morgan fingerprint density at radius 3 is 2.50 bits per heavy atom. The van der Waals surface area contributed by atoms with Gasteiger partial charge in [-0.25, -0.2) is 0 Å². The van der Waals surface area contributed by atoms with Crippen LogP contribution in [0.3, 0.4) is 0 Å². The smallest absolute Gasteiger partial charge is 0.0766 e. The van der Waals surface area contributed by atoms with E-state index in [1.807, 2.05) is 11.6 Å². The Morgan fingerprint density at radius 1 is 1.30 bits per heavy atom. The van der Waals surface area contributed by atoms with Crippen molar-refractivity contribution in [1.82, 2.24) is 9.78 Å². The molecule has 1 atom stereocenters. The summed E-state index contributed by atoms with van der Waals surface area (Å²) >= 11 is 3.69. The van der Waals surface area contributed by atoms with E-state index in [1.54, 1.807) is 0 Å². The minimum Gasteiger partial charge on any atom is -0.389 e. The summed E-state index contributed by atoms with van der Waals surface area (Å²) in [5, 5.41) is 15.6. The second kappa shape index (κ2) is 6.61. The highest BCUT2D eigenvalue weighted by atomic mass is 79.9. The third-order valence-corrected chi connectivity index (χ3v) is 5.62. The third-order valence-electron chi connectivity index (χ3n) is 4.70. The number of hydrogen-bond donors (Lipinski definition) is 1. The minimum absolute atomic E-state index is 0.424. The van der Waals surface area contributed by atoms with Crippen molar-refractivity contribution in [3.63, 3.8) is 0 Å². The van der Waals surface area contributed by atoms with Gasteiger partial charge in [0.15, 0.2) is 0 Å². The molecule has 1 heterocycles. The zero-order valence-corrected chi connectivity index (χ0v) is 14.5. The fourth-order valence-corrected chi connectivity index (χ4v) is 4.10. The molecular weight excluding hydrogens is 316 g/mol. The molecule has 0 aliphatic heterocycles. The summed E-state index contributed by atoms with van der Waals surface area (Å²) in [5.74, 6) is 0.424. The number of nitrogens with zero attached hydrogens (tertiary/aromatic N) is 2.